The molecule has 1 aromatic carbocycles. The molecule has 1 rings (SSSR count). The van der Waals surface area contributed by atoms with Crippen molar-refractivity contribution < 1.29 is 0 Å². The van der Waals surface area contributed by atoms with Gasteiger partial charge in [0.05, 0.1) is 11.6 Å². The van der Waals surface area contributed by atoms with Crippen molar-refractivity contribution in [3.05, 3.63) is 29.3 Å². The van der Waals surface area contributed by atoms with E-state index in [2.05, 4.69) is 16.7 Å². The summed E-state index contributed by atoms with van der Waals surface area (Å²) in [6.45, 7) is 4.73. The summed E-state index contributed by atoms with van der Waals surface area (Å²) in [5.74, 6) is 0. The summed E-state index contributed by atoms with van der Waals surface area (Å²) in [5.41, 5.74) is 2.57. The number of aryl methyl sites for hydroxylation is 1. The summed E-state index contributed by atoms with van der Waals surface area (Å²) < 4.78 is 0. The van der Waals surface area contributed by atoms with Crippen LogP contribution < -0.4 is 10.6 Å². The number of hydrogen-bond acceptors (Lipinski definition) is 2. The maximum Gasteiger partial charge on any atom is 0.170 e. The predicted molar refractivity (Wildman–Crippen MR) is 65.8 cm³/mol. The topological polar surface area (TPSA) is 47.8 Å². The zero-order valence-electron chi connectivity index (χ0n) is 8.79. The van der Waals surface area contributed by atoms with Gasteiger partial charge < -0.3 is 10.6 Å². The maximum atomic E-state index is 8.76. The molecule has 0 atom stereocenters. The summed E-state index contributed by atoms with van der Waals surface area (Å²) in [5, 5.41) is 15.4. The fourth-order valence-electron chi connectivity index (χ4n) is 1.15. The second kappa shape index (κ2) is 5.32. The standard InChI is InChI=1S/C11H13N3S/c1-3-13-11(15)14-10-6-9(7-12)5-4-8(10)2/h4-6H,3H2,1-2H3,(H2,13,14,15). The van der Waals surface area contributed by atoms with Gasteiger partial charge in [-0.15, -0.1) is 0 Å². The van der Waals surface area contributed by atoms with E-state index in [-0.39, 0.29) is 0 Å². The minimum atomic E-state index is 0.579. The first-order chi connectivity index (χ1) is 7.17. The summed E-state index contributed by atoms with van der Waals surface area (Å²) in [6, 6.07) is 7.57. The molecule has 0 spiro atoms. The van der Waals surface area contributed by atoms with Crippen molar-refractivity contribution in [2.45, 2.75) is 13.8 Å². The zero-order chi connectivity index (χ0) is 11.3. The number of hydrogen-bond donors (Lipinski definition) is 2. The van der Waals surface area contributed by atoms with E-state index in [1.165, 1.54) is 0 Å². The van der Waals surface area contributed by atoms with E-state index in [0.717, 1.165) is 17.8 Å². The molecule has 15 heavy (non-hydrogen) atoms. The molecule has 0 aliphatic carbocycles. The largest absolute Gasteiger partial charge is 0.363 e. The van der Waals surface area contributed by atoms with Gasteiger partial charge in [-0.3, -0.25) is 0 Å². The molecule has 0 amide bonds. The van der Waals surface area contributed by atoms with Gasteiger partial charge in [0.25, 0.3) is 0 Å². The van der Waals surface area contributed by atoms with Gasteiger partial charge >= 0.3 is 0 Å². The van der Waals surface area contributed by atoms with Gasteiger partial charge in [0, 0.05) is 12.2 Å². The first kappa shape index (κ1) is 11.5. The Morgan fingerprint density at radius 1 is 1.53 bits per heavy atom. The third-order valence-electron chi connectivity index (χ3n) is 1.95. The minimum absolute atomic E-state index is 0.579. The highest BCUT2D eigenvalue weighted by Crippen LogP contribution is 2.16. The minimum Gasteiger partial charge on any atom is -0.363 e. The fraction of sp³-hybridized carbons (Fsp3) is 0.273. The Labute approximate surface area is 95.1 Å². The van der Waals surface area contributed by atoms with Crippen LogP contribution in [-0.2, 0) is 0 Å². The molecule has 0 fully saturated rings. The molecule has 2 N–H and O–H groups in total. The van der Waals surface area contributed by atoms with Gasteiger partial charge in [-0.2, -0.15) is 5.26 Å². The molecule has 0 aliphatic rings. The van der Waals surface area contributed by atoms with Crippen molar-refractivity contribution >= 4 is 23.0 Å². The molecule has 4 heteroatoms. The Morgan fingerprint density at radius 2 is 2.27 bits per heavy atom. The van der Waals surface area contributed by atoms with E-state index in [1.54, 1.807) is 12.1 Å². The van der Waals surface area contributed by atoms with Crippen LogP contribution >= 0.6 is 12.2 Å². The molecule has 0 radical (unpaired) electrons. The van der Waals surface area contributed by atoms with Gasteiger partial charge in [0.15, 0.2) is 5.11 Å². The van der Waals surface area contributed by atoms with Crippen molar-refractivity contribution in [1.29, 1.82) is 5.26 Å². The lowest BCUT2D eigenvalue weighted by Gasteiger charge is -2.11. The maximum absolute atomic E-state index is 8.76. The monoisotopic (exact) mass is 219 g/mol. The number of anilines is 1. The predicted octanol–water partition coefficient (Wildman–Crippen LogP) is 2.17. The fourth-order valence-corrected chi connectivity index (χ4v) is 1.41. The number of thiocarbonyl (C=S) groups is 1. The average Bonchev–Trinajstić information content (AvgIpc) is 2.21. The first-order valence-corrected chi connectivity index (χ1v) is 5.13. The Kier molecular flexibility index (Phi) is 4.07. The van der Waals surface area contributed by atoms with Gasteiger partial charge in [-0.1, -0.05) is 6.07 Å². The van der Waals surface area contributed by atoms with Gasteiger partial charge in [-0.25, -0.2) is 0 Å². The Hall–Kier alpha value is -1.60. The number of benzene rings is 1. The molecule has 0 unspecified atom stereocenters. The van der Waals surface area contributed by atoms with Crippen LogP contribution in [0.5, 0.6) is 0 Å². The van der Waals surface area contributed by atoms with E-state index < -0.39 is 0 Å². The van der Waals surface area contributed by atoms with Gasteiger partial charge in [0.2, 0.25) is 0 Å². The SMILES string of the molecule is CCNC(=S)Nc1cc(C#N)ccc1C. The molecule has 0 aromatic heterocycles. The Balaban J connectivity index is 2.85. The van der Waals surface area contributed by atoms with Crippen LogP contribution in [0.2, 0.25) is 0 Å². The number of nitrogens with zero attached hydrogens (tertiary/aromatic N) is 1. The highest BCUT2D eigenvalue weighted by molar-refractivity contribution is 7.80. The molecular formula is C11H13N3S. The third kappa shape index (κ3) is 3.22. The van der Waals surface area contributed by atoms with Crippen LogP contribution in [0.15, 0.2) is 18.2 Å². The van der Waals surface area contributed by atoms with Crippen LogP contribution in [0.4, 0.5) is 5.69 Å². The lowest BCUT2D eigenvalue weighted by Crippen LogP contribution is -2.28. The van der Waals surface area contributed by atoms with Gasteiger partial charge in [-0.05, 0) is 43.8 Å². The molecule has 0 heterocycles. The summed E-state index contributed by atoms with van der Waals surface area (Å²) in [6.07, 6.45) is 0. The van der Waals surface area contributed by atoms with E-state index in [1.807, 2.05) is 19.9 Å². The number of rotatable bonds is 2. The number of nitrogens with one attached hydrogen (secondary N) is 2. The molecule has 0 saturated carbocycles. The van der Waals surface area contributed by atoms with E-state index in [0.29, 0.717) is 10.7 Å². The first-order valence-electron chi connectivity index (χ1n) is 4.73. The highest BCUT2D eigenvalue weighted by atomic mass is 32.1. The lowest BCUT2D eigenvalue weighted by atomic mass is 10.1. The van der Waals surface area contributed by atoms with Crippen molar-refractivity contribution in [2.75, 3.05) is 11.9 Å². The molecule has 0 aliphatic heterocycles. The van der Waals surface area contributed by atoms with Crippen LogP contribution in [0.25, 0.3) is 0 Å². The summed E-state index contributed by atoms with van der Waals surface area (Å²) >= 11 is 5.07. The Morgan fingerprint density at radius 3 is 2.87 bits per heavy atom. The van der Waals surface area contributed by atoms with Crippen LogP contribution in [-0.4, -0.2) is 11.7 Å². The molecule has 0 bridgehead atoms. The molecule has 3 nitrogen and oxygen atoms in total. The smallest absolute Gasteiger partial charge is 0.170 e. The summed E-state index contributed by atoms with van der Waals surface area (Å²) in [7, 11) is 0. The lowest BCUT2D eigenvalue weighted by molar-refractivity contribution is 0.979. The van der Waals surface area contributed by atoms with Crippen LogP contribution in [0, 0.1) is 18.3 Å². The van der Waals surface area contributed by atoms with E-state index >= 15 is 0 Å². The van der Waals surface area contributed by atoms with Crippen molar-refractivity contribution in [1.82, 2.24) is 5.32 Å². The average molecular weight is 219 g/mol. The zero-order valence-corrected chi connectivity index (χ0v) is 9.61. The highest BCUT2D eigenvalue weighted by Gasteiger charge is 2.01. The molecule has 1 aromatic rings. The normalized spacial score (nSPS) is 9.13. The third-order valence-corrected chi connectivity index (χ3v) is 2.20. The molecular weight excluding hydrogens is 206 g/mol. The van der Waals surface area contributed by atoms with Crippen molar-refractivity contribution in [3.8, 4) is 6.07 Å². The summed E-state index contributed by atoms with van der Waals surface area (Å²) in [4.78, 5) is 0. The quantitative estimate of drug-likeness (QED) is 0.748. The van der Waals surface area contributed by atoms with Gasteiger partial charge in [0.1, 0.15) is 0 Å². The second-order valence-corrected chi connectivity index (χ2v) is 3.53. The Bertz CT molecular complexity index is 407. The van der Waals surface area contributed by atoms with Crippen LogP contribution in [0.3, 0.4) is 0 Å². The second-order valence-electron chi connectivity index (χ2n) is 3.13. The van der Waals surface area contributed by atoms with E-state index in [4.69, 9.17) is 17.5 Å². The van der Waals surface area contributed by atoms with Crippen LogP contribution in [0.1, 0.15) is 18.1 Å². The number of nitriles is 1. The van der Waals surface area contributed by atoms with Crippen molar-refractivity contribution in [3.63, 3.8) is 0 Å². The van der Waals surface area contributed by atoms with Crippen molar-refractivity contribution in [2.24, 2.45) is 0 Å². The molecule has 78 valence electrons. The molecule has 0 saturated heterocycles. The van der Waals surface area contributed by atoms with E-state index in [9.17, 15) is 0 Å².